The fourth-order valence-corrected chi connectivity index (χ4v) is 10.1. The van der Waals surface area contributed by atoms with E-state index >= 15 is 0 Å². The third-order valence-electron chi connectivity index (χ3n) is 3.98. The molecule has 2 aliphatic carbocycles. The first kappa shape index (κ1) is 23.1. The van der Waals surface area contributed by atoms with Crippen molar-refractivity contribution in [2.24, 2.45) is 0 Å². The number of hydrogen-bond donors (Lipinski definition) is 2. The smallest absolute Gasteiger partial charge is 0.341 e. The highest BCUT2D eigenvalue weighted by molar-refractivity contribution is 9.09. The van der Waals surface area contributed by atoms with Gasteiger partial charge in [-0.1, -0.05) is 65.0 Å². The van der Waals surface area contributed by atoms with E-state index in [4.69, 9.17) is 0 Å². The molecule has 2 N–H and O–H groups in total. The Balaban J connectivity index is 1.40. The first-order chi connectivity index (χ1) is 12.7. The lowest BCUT2D eigenvalue weighted by molar-refractivity contribution is 0.0644. The number of carbonyl (C=O) groups excluding carboxylic acids is 2. The Labute approximate surface area is 178 Å². The lowest BCUT2D eigenvalue weighted by Crippen LogP contribution is -2.23. The van der Waals surface area contributed by atoms with Crippen LogP contribution in [0.4, 0.5) is 9.59 Å². The molecule has 150 valence electrons. The van der Waals surface area contributed by atoms with Crippen molar-refractivity contribution in [3.8, 4) is 0 Å². The highest BCUT2D eigenvalue weighted by Crippen LogP contribution is 2.42. The lowest BCUT2D eigenvalue weighted by atomic mass is 10.0. The molecule has 0 spiro atoms. The number of ether oxygens (including phenoxy) is 1. The standard InChI is InChI=1S/C14H24N2O4S6/c17-13(15-23-25-21-11-7-3-1-4-8-11)19-14(18)20-16-24-26-22-12-9-5-2-6-10-12/h11-12,16H,1-10H2,(H,15,17). The van der Waals surface area contributed by atoms with Crippen LogP contribution in [0.5, 0.6) is 0 Å². The second kappa shape index (κ2) is 14.7. The molecule has 0 saturated heterocycles. The predicted octanol–water partition coefficient (Wildman–Crippen LogP) is 6.91. The maximum absolute atomic E-state index is 11.5. The Morgan fingerprint density at radius 2 is 1.31 bits per heavy atom. The van der Waals surface area contributed by atoms with Crippen LogP contribution in [-0.4, -0.2) is 22.7 Å². The van der Waals surface area contributed by atoms with Crippen molar-refractivity contribution in [1.82, 2.24) is 9.61 Å². The number of hydrogen-bond acceptors (Lipinski definition) is 11. The first-order valence-electron chi connectivity index (χ1n) is 8.65. The summed E-state index contributed by atoms with van der Waals surface area (Å²) in [6.07, 6.45) is 10.9. The molecule has 0 heterocycles. The van der Waals surface area contributed by atoms with Crippen LogP contribution in [0.1, 0.15) is 64.2 Å². The van der Waals surface area contributed by atoms with E-state index in [2.05, 4.69) is 19.2 Å². The molecule has 0 atom stereocenters. The van der Waals surface area contributed by atoms with E-state index in [1.807, 2.05) is 0 Å². The van der Waals surface area contributed by atoms with Crippen molar-refractivity contribution < 1.29 is 19.2 Å². The second-order valence-corrected chi connectivity index (χ2v) is 14.1. The molecule has 2 saturated carbocycles. The van der Waals surface area contributed by atoms with Crippen LogP contribution in [0.25, 0.3) is 0 Å². The summed E-state index contributed by atoms with van der Waals surface area (Å²) in [6.45, 7) is 0. The average molecular weight is 477 g/mol. The Kier molecular flexibility index (Phi) is 13.1. The van der Waals surface area contributed by atoms with Crippen LogP contribution in [-0.2, 0) is 9.57 Å². The normalized spacial score (nSPS) is 19.1. The van der Waals surface area contributed by atoms with Gasteiger partial charge < -0.3 is 9.57 Å². The van der Waals surface area contributed by atoms with Gasteiger partial charge in [-0.15, -0.1) is 0 Å². The Morgan fingerprint density at radius 3 is 1.88 bits per heavy atom. The van der Waals surface area contributed by atoms with Crippen LogP contribution in [0, 0.1) is 0 Å². The molecule has 6 nitrogen and oxygen atoms in total. The molecular formula is C14H24N2O4S6. The number of nitrogens with one attached hydrogen (secondary N) is 2. The van der Waals surface area contributed by atoms with Crippen LogP contribution < -0.4 is 9.61 Å². The van der Waals surface area contributed by atoms with E-state index in [0.717, 1.165) is 11.0 Å². The molecule has 0 aliphatic heterocycles. The minimum absolute atomic E-state index is 0.647. The van der Waals surface area contributed by atoms with Crippen molar-refractivity contribution in [2.75, 3.05) is 0 Å². The summed E-state index contributed by atoms with van der Waals surface area (Å²) in [4.78, 5) is 29.9. The van der Waals surface area contributed by atoms with Crippen LogP contribution in [0.3, 0.4) is 0 Å². The van der Waals surface area contributed by atoms with Gasteiger partial charge in [-0.2, -0.15) is 0 Å². The van der Waals surface area contributed by atoms with Gasteiger partial charge in [0.25, 0.3) is 0 Å². The fourth-order valence-electron chi connectivity index (χ4n) is 2.71. The molecule has 2 aliphatic rings. The number of amides is 1. The Morgan fingerprint density at radius 1 is 0.769 bits per heavy atom. The second-order valence-electron chi connectivity index (χ2n) is 5.94. The van der Waals surface area contributed by atoms with Gasteiger partial charge in [0.1, 0.15) is 0 Å². The molecule has 1 amide bonds. The van der Waals surface area contributed by atoms with Gasteiger partial charge >= 0.3 is 12.2 Å². The molecule has 0 unspecified atom stereocenters. The van der Waals surface area contributed by atoms with E-state index in [1.54, 1.807) is 21.6 Å². The number of carbonyl (C=O) groups is 2. The zero-order chi connectivity index (χ0) is 18.5. The van der Waals surface area contributed by atoms with E-state index in [1.165, 1.54) is 94.8 Å². The van der Waals surface area contributed by atoms with E-state index in [-0.39, 0.29) is 0 Å². The van der Waals surface area contributed by atoms with Crippen molar-refractivity contribution in [3.63, 3.8) is 0 Å². The number of rotatable bonds is 9. The zero-order valence-corrected chi connectivity index (χ0v) is 19.2. The first-order valence-corrected chi connectivity index (χ1v) is 15.7. The SMILES string of the molecule is O=C(NSSSC1CCCCC1)OC(=O)ONSSSC1CCCCC1. The highest BCUT2D eigenvalue weighted by Gasteiger charge is 2.17. The van der Waals surface area contributed by atoms with Crippen LogP contribution >= 0.6 is 63.2 Å². The van der Waals surface area contributed by atoms with E-state index < -0.39 is 12.2 Å². The van der Waals surface area contributed by atoms with Crippen molar-refractivity contribution >= 4 is 75.4 Å². The maximum atomic E-state index is 11.5. The monoisotopic (exact) mass is 476 g/mol. The van der Waals surface area contributed by atoms with Crippen molar-refractivity contribution in [1.29, 1.82) is 0 Å². The summed E-state index contributed by atoms with van der Waals surface area (Å²) in [5.41, 5.74) is 0. The molecule has 2 fully saturated rings. The molecule has 12 heteroatoms. The molecule has 2 rings (SSSR count). The molecule has 26 heavy (non-hydrogen) atoms. The summed E-state index contributed by atoms with van der Waals surface area (Å²) in [6, 6.07) is 0. The molecule has 0 radical (unpaired) electrons. The van der Waals surface area contributed by atoms with Gasteiger partial charge in [0, 0.05) is 32.5 Å². The van der Waals surface area contributed by atoms with Gasteiger partial charge in [0.15, 0.2) is 0 Å². The minimum Gasteiger partial charge on any atom is -0.341 e. The third kappa shape index (κ3) is 11.0. The zero-order valence-electron chi connectivity index (χ0n) is 14.3. The minimum atomic E-state index is -1.07. The summed E-state index contributed by atoms with van der Waals surface area (Å²) in [5, 5.41) is 1.32. The molecule has 0 aromatic heterocycles. The van der Waals surface area contributed by atoms with Crippen LogP contribution in [0.15, 0.2) is 0 Å². The topological polar surface area (TPSA) is 76.7 Å². The van der Waals surface area contributed by atoms with Crippen molar-refractivity contribution in [2.45, 2.75) is 74.7 Å². The quantitative estimate of drug-likeness (QED) is 0.0910. The van der Waals surface area contributed by atoms with E-state index in [9.17, 15) is 9.59 Å². The van der Waals surface area contributed by atoms with Crippen LogP contribution in [0.2, 0.25) is 0 Å². The maximum Gasteiger partial charge on any atom is 0.537 e. The average Bonchev–Trinajstić information content (AvgIpc) is 2.66. The lowest BCUT2D eigenvalue weighted by Gasteiger charge is -2.19. The molecular weight excluding hydrogens is 453 g/mol. The molecule has 0 aromatic carbocycles. The summed E-state index contributed by atoms with van der Waals surface area (Å²) in [7, 11) is 8.93. The Hall–Kier alpha value is 0.800. The predicted molar refractivity (Wildman–Crippen MR) is 119 cm³/mol. The molecule has 0 bridgehead atoms. The Bertz CT molecular complexity index is 422. The fraction of sp³-hybridized carbons (Fsp3) is 0.857. The van der Waals surface area contributed by atoms with Crippen molar-refractivity contribution in [3.05, 3.63) is 0 Å². The summed E-state index contributed by atoms with van der Waals surface area (Å²) >= 11 is 0. The van der Waals surface area contributed by atoms with Gasteiger partial charge in [0.2, 0.25) is 0 Å². The largest absolute Gasteiger partial charge is 0.537 e. The van der Waals surface area contributed by atoms with Gasteiger partial charge in [0.05, 0.1) is 0 Å². The molecule has 0 aromatic rings. The highest BCUT2D eigenvalue weighted by atomic mass is 33.5. The summed E-state index contributed by atoms with van der Waals surface area (Å²) in [5.74, 6) is 0. The van der Waals surface area contributed by atoms with Gasteiger partial charge in [-0.25, -0.2) is 9.59 Å². The van der Waals surface area contributed by atoms with Gasteiger partial charge in [-0.3, -0.25) is 4.72 Å². The van der Waals surface area contributed by atoms with E-state index in [0.29, 0.717) is 10.5 Å². The third-order valence-corrected chi connectivity index (χ3v) is 11.8. The summed E-state index contributed by atoms with van der Waals surface area (Å²) < 4.78 is 6.94. The van der Waals surface area contributed by atoms with Gasteiger partial charge in [-0.05, 0) is 45.3 Å².